The van der Waals surface area contributed by atoms with E-state index in [-0.39, 0.29) is 10.8 Å². The van der Waals surface area contributed by atoms with E-state index < -0.39 is 10.0 Å². The predicted molar refractivity (Wildman–Crippen MR) is 149 cm³/mol. The average Bonchev–Trinajstić information content (AvgIpc) is 2.93. The molecule has 0 aliphatic rings. The molecule has 0 aromatic heterocycles. The molecular weight excluding hydrogens is 502 g/mol. The van der Waals surface area contributed by atoms with Gasteiger partial charge in [-0.25, -0.2) is 8.42 Å². The summed E-state index contributed by atoms with van der Waals surface area (Å²) in [6, 6.07) is 26.1. The fourth-order valence-corrected chi connectivity index (χ4v) is 5.05. The van der Waals surface area contributed by atoms with E-state index >= 15 is 0 Å². The maximum Gasteiger partial charge on any atom is 0.262 e. The van der Waals surface area contributed by atoms with Crippen LogP contribution in [0.5, 0.6) is 11.5 Å². The van der Waals surface area contributed by atoms with Crippen LogP contribution in [0.2, 0.25) is 0 Å². The summed E-state index contributed by atoms with van der Waals surface area (Å²) in [5, 5.41) is 2.82. The number of hydrogen-bond donors (Lipinski definition) is 3. The van der Waals surface area contributed by atoms with Crippen molar-refractivity contribution in [2.24, 2.45) is 0 Å². The molecule has 0 atom stereocenters. The number of nitrogens with one attached hydrogen (secondary N) is 2. The molecule has 4 aromatic carbocycles. The highest BCUT2D eigenvalue weighted by Gasteiger charge is 2.18. The molecule has 0 fully saturated rings. The molecule has 8 nitrogen and oxygen atoms in total. The van der Waals surface area contributed by atoms with Crippen molar-refractivity contribution in [3.05, 3.63) is 108 Å². The van der Waals surface area contributed by atoms with E-state index in [0.717, 1.165) is 11.1 Å². The van der Waals surface area contributed by atoms with Crippen molar-refractivity contribution in [2.75, 3.05) is 30.0 Å². The highest BCUT2D eigenvalue weighted by atomic mass is 32.2. The minimum atomic E-state index is -3.86. The molecule has 0 saturated carbocycles. The predicted octanol–water partition coefficient (Wildman–Crippen LogP) is 5.12. The Hall–Kier alpha value is -4.50. The van der Waals surface area contributed by atoms with Crippen LogP contribution < -0.4 is 25.2 Å². The smallest absolute Gasteiger partial charge is 0.262 e. The number of nitrogen functional groups attached to an aromatic ring is 1. The Morgan fingerprint density at radius 1 is 0.789 bits per heavy atom. The van der Waals surface area contributed by atoms with Crippen LogP contribution in [0.4, 0.5) is 17.1 Å². The van der Waals surface area contributed by atoms with Crippen molar-refractivity contribution < 1.29 is 22.7 Å². The number of ether oxygens (including phenoxy) is 2. The Morgan fingerprint density at radius 2 is 1.45 bits per heavy atom. The zero-order valence-corrected chi connectivity index (χ0v) is 21.9. The van der Waals surface area contributed by atoms with Gasteiger partial charge in [-0.15, -0.1) is 0 Å². The quantitative estimate of drug-likeness (QED) is 0.244. The molecule has 1 amide bonds. The molecule has 0 aliphatic heterocycles. The lowest BCUT2D eigenvalue weighted by Gasteiger charge is -2.14. The Kier molecular flexibility index (Phi) is 8.18. The number of nitrogens with two attached hydrogens (primary N) is 1. The largest absolute Gasteiger partial charge is 0.493 e. The average molecular weight is 532 g/mol. The van der Waals surface area contributed by atoms with Crippen LogP contribution in [0.3, 0.4) is 0 Å². The molecule has 38 heavy (non-hydrogen) atoms. The first-order valence-corrected chi connectivity index (χ1v) is 13.4. The van der Waals surface area contributed by atoms with Crippen molar-refractivity contribution in [1.82, 2.24) is 0 Å². The summed E-state index contributed by atoms with van der Waals surface area (Å²) in [5.41, 5.74) is 9.84. The molecule has 0 unspecified atom stereocenters. The molecule has 0 aliphatic carbocycles. The lowest BCUT2D eigenvalue weighted by atomic mass is 10.0. The van der Waals surface area contributed by atoms with Crippen LogP contribution in [-0.2, 0) is 22.9 Å². The van der Waals surface area contributed by atoms with Crippen LogP contribution in [0, 0.1) is 0 Å². The number of hydrogen-bond acceptors (Lipinski definition) is 6. The molecule has 0 radical (unpaired) electrons. The minimum Gasteiger partial charge on any atom is -0.493 e. The number of methoxy groups -OCH3 is 2. The number of amides is 1. The van der Waals surface area contributed by atoms with Gasteiger partial charge in [-0.1, -0.05) is 42.5 Å². The van der Waals surface area contributed by atoms with E-state index in [1.54, 1.807) is 54.6 Å². The molecule has 0 heterocycles. The second-order valence-corrected chi connectivity index (χ2v) is 10.2. The number of aryl methyl sites for hydroxylation is 2. The van der Waals surface area contributed by atoms with Gasteiger partial charge in [-0.3, -0.25) is 9.52 Å². The molecule has 4 N–H and O–H groups in total. The minimum absolute atomic E-state index is 0.0658. The zero-order chi connectivity index (χ0) is 27.1. The summed E-state index contributed by atoms with van der Waals surface area (Å²) >= 11 is 0. The van der Waals surface area contributed by atoms with Crippen LogP contribution in [0.15, 0.2) is 95.9 Å². The molecule has 0 spiro atoms. The molecule has 196 valence electrons. The summed E-state index contributed by atoms with van der Waals surface area (Å²) in [6.45, 7) is 0. The maximum atomic E-state index is 13.1. The van der Waals surface area contributed by atoms with Gasteiger partial charge in [0.1, 0.15) is 0 Å². The van der Waals surface area contributed by atoms with Crippen molar-refractivity contribution in [3.8, 4) is 11.5 Å². The van der Waals surface area contributed by atoms with Gasteiger partial charge in [-0.2, -0.15) is 0 Å². The monoisotopic (exact) mass is 531 g/mol. The fraction of sp³-hybridized carbons (Fsp3) is 0.138. The Balaban J connectivity index is 1.43. The Labute approximate surface area is 222 Å². The molecule has 4 aromatic rings. The fourth-order valence-electron chi connectivity index (χ4n) is 3.93. The van der Waals surface area contributed by atoms with Gasteiger partial charge in [0.05, 0.1) is 36.2 Å². The number of sulfonamides is 1. The topological polar surface area (TPSA) is 120 Å². The van der Waals surface area contributed by atoms with Crippen LogP contribution in [0.1, 0.15) is 21.5 Å². The first-order chi connectivity index (χ1) is 18.3. The molecular formula is C29H29N3O5S. The van der Waals surface area contributed by atoms with Gasteiger partial charge in [0.2, 0.25) is 0 Å². The highest BCUT2D eigenvalue weighted by molar-refractivity contribution is 7.92. The van der Waals surface area contributed by atoms with Gasteiger partial charge in [0, 0.05) is 11.6 Å². The molecule has 4 rings (SSSR count). The molecule has 9 heteroatoms. The lowest BCUT2D eigenvalue weighted by molar-refractivity contribution is 0.102. The third-order valence-corrected chi connectivity index (χ3v) is 7.40. The first kappa shape index (κ1) is 26.6. The third kappa shape index (κ3) is 6.24. The summed E-state index contributed by atoms with van der Waals surface area (Å²) in [5.74, 6) is 0.525. The SMILES string of the molecule is COc1ccc(S(=O)(=O)Nc2ccccc2CCc2ccc(C(=O)Nc3ccccc3N)cc2)cc1OC. The third-order valence-electron chi connectivity index (χ3n) is 6.04. The van der Waals surface area contributed by atoms with E-state index in [0.29, 0.717) is 47.0 Å². The van der Waals surface area contributed by atoms with Crippen LogP contribution in [0.25, 0.3) is 0 Å². The van der Waals surface area contributed by atoms with Crippen molar-refractivity contribution in [1.29, 1.82) is 0 Å². The first-order valence-electron chi connectivity index (χ1n) is 11.9. The van der Waals surface area contributed by atoms with Crippen LogP contribution >= 0.6 is 0 Å². The van der Waals surface area contributed by atoms with E-state index in [2.05, 4.69) is 10.0 Å². The van der Waals surface area contributed by atoms with Gasteiger partial charge >= 0.3 is 0 Å². The normalized spacial score (nSPS) is 11.0. The summed E-state index contributed by atoms with van der Waals surface area (Å²) < 4.78 is 39.3. The van der Waals surface area contributed by atoms with Crippen molar-refractivity contribution in [2.45, 2.75) is 17.7 Å². The second kappa shape index (κ2) is 11.7. The van der Waals surface area contributed by atoms with Gasteiger partial charge < -0.3 is 20.5 Å². The number of carbonyl (C=O) groups excluding carboxylic acids is 1. The molecule has 0 saturated heterocycles. The van der Waals surface area contributed by atoms with Crippen LogP contribution in [-0.4, -0.2) is 28.5 Å². The van der Waals surface area contributed by atoms with E-state index in [9.17, 15) is 13.2 Å². The standard InChI is InChI=1S/C29H29N3O5S/c1-36-27-18-17-23(19-28(27)37-2)38(34,35)32-25-9-5-3-7-21(25)14-11-20-12-15-22(16-13-20)29(33)31-26-10-6-4-8-24(26)30/h3-10,12-13,15-19,32H,11,14,30H2,1-2H3,(H,31,33). The number of anilines is 3. The van der Waals surface area contributed by atoms with Crippen molar-refractivity contribution >= 4 is 33.0 Å². The highest BCUT2D eigenvalue weighted by Crippen LogP contribution is 2.31. The van der Waals surface area contributed by atoms with Gasteiger partial charge in [0.25, 0.3) is 15.9 Å². The summed E-state index contributed by atoms with van der Waals surface area (Å²) in [4.78, 5) is 12.6. The number of para-hydroxylation sites is 3. The van der Waals surface area contributed by atoms with E-state index in [4.69, 9.17) is 15.2 Å². The number of benzene rings is 4. The van der Waals surface area contributed by atoms with Gasteiger partial charge in [-0.05, 0) is 66.4 Å². The maximum absolute atomic E-state index is 13.1. The Bertz CT molecular complexity index is 1540. The molecule has 0 bridgehead atoms. The summed E-state index contributed by atoms with van der Waals surface area (Å²) in [7, 11) is -0.916. The number of carbonyl (C=O) groups is 1. The van der Waals surface area contributed by atoms with E-state index in [1.807, 2.05) is 24.3 Å². The van der Waals surface area contributed by atoms with E-state index in [1.165, 1.54) is 26.4 Å². The second-order valence-electron chi connectivity index (χ2n) is 8.52. The zero-order valence-electron chi connectivity index (χ0n) is 21.1. The Morgan fingerprint density at radius 3 is 2.13 bits per heavy atom. The summed E-state index contributed by atoms with van der Waals surface area (Å²) in [6.07, 6.45) is 1.25. The van der Waals surface area contributed by atoms with Gasteiger partial charge in [0.15, 0.2) is 11.5 Å². The number of rotatable bonds is 10. The lowest BCUT2D eigenvalue weighted by Crippen LogP contribution is -2.14. The van der Waals surface area contributed by atoms with Crippen molar-refractivity contribution in [3.63, 3.8) is 0 Å².